The number of hydrogen-bond donors (Lipinski definition) is 0. The Labute approximate surface area is 374 Å². The smallest absolute Gasteiger partial charge is 0.281 e. The zero-order chi connectivity index (χ0) is 40.7. The van der Waals surface area contributed by atoms with E-state index in [9.17, 15) is 0 Å². The van der Waals surface area contributed by atoms with Gasteiger partial charge < -0.3 is 1.43 Å². The maximum Gasteiger partial charge on any atom is 0.281 e. The van der Waals surface area contributed by atoms with Crippen LogP contribution < -0.4 is 47.7 Å². The third-order valence-corrected chi connectivity index (χ3v) is 16.5. The van der Waals surface area contributed by atoms with Crippen LogP contribution in [0.2, 0.25) is 0 Å². The van der Waals surface area contributed by atoms with Crippen molar-refractivity contribution >= 4 is 78.3 Å². The van der Waals surface area contributed by atoms with Gasteiger partial charge in [0.1, 0.15) is 0 Å². The fraction of sp³-hybridized carbons (Fsp3) is 0. The Morgan fingerprint density at radius 1 is 0.200 bits per heavy atom. The first-order chi connectivity index (χ1) is 29.3. The van der Waals surface area contributed by atoms with Crippen LogP contribution in [-0.2, 0) is 24.3 Å². The van der Waals surface area contributed by atoms with E-state index < -0.39 is 23.8 Å². The second kappa shape index (κ2) is 25.9. The van der Waals surface area contributed by atoms with Crippen molar-refractivity contribution in [3.63, 3.8) is 0 Å². The van der Waals surface area contributed by atoms with Crippen LogP contribution in [0.4, 0.5) is 0 Å². The molecule has 5 heteroatoms. The van der Waals surface area contributed by atoms with Crippen molar-refractivity contribution in [2.75, 3.05) is 0 Å². The minimum atomic E-state index is -0.446. The monoisotopic (exact) mass is 918 g/mol. The second-order valence-corrected chi connectivity index (χ2v) is 19.7. The molecule has 297 valence electrons. The van der Waals surface area contributed by atoms with Crippen molar-refractivity contribution < 1.29 is 25.7 Å². The molecule has 0 saturated heterocycles. The van der Waals surface area contributed by atoms with E-state index in [1.807, 2.05) is 0 Å². The fourth-order valence-corrected chi connectivity index (χ4v) is 13.5. The average Bonchev–Trinajstić information content (AvgIpc) is 3.34. The van der Waals surface area contributed by atoms with Gasteiger partial charge in [-0.25, -0.2) is 0 Å². The van der Waals surface area contributed by atoms with Gasteiger partial charge in [0.15, 0.2) is 0 Å². The molecule has 0 aliphatic heterocycles. The third kappa shape index (κ3) is 13.3. The molecule has 60 heavy (non-hydrogen) atoms. The largest absolute Gasteiger partial charge is 1.00 e. The molecular formula is C55H46OP3Rh-. The number of hydrogen-bond acceptors (Lipinski definition) is 1. The van der Waals surface area contributed by atoms with Crippen LogP contribution in [0.1, 0.15) is 1.43 Å². The Bertz CT molecular complexity index is 1890. The van der Waals surface area contributed by atoms with E-state index in [1.54, 1.807) is 0 Å². The summed E-state index contributed by atoms with van der Waals surface area (Å²) < 4.78 is 0. The van der Waals surface area contributed by atoms with Gasteiger partial charge in [0.05, 0.1) is 0 Å². The van der Waals surface area contributed by atoms with Gasteiger partial charge in [-0.1, -0.05) is 273 Å². The molecule has 0 fully saturated rings. The summed E-state index contributed by atoms with van der Waals surface area (Å²) in [6.45, 7) is 4.50. The molecule has 9 rings (SSSR count). The van der Waals surface area contributed by atoms with E-state index in [0.29, 0.717) is 0 Å². The van der Waals surface area contributed by atoms with Crippen molar-refractivity contribution in [3.05, 3.63) is 273 Å². The first-order valence-electron chi connectivity index (χ1n) is 19.4. The van der Waals surface area contributed by atoms with E-state index >= 15 is 0 Å². The molecule has 0 heterocycles. The molecule has 0 aliphatic rings. The molecule has 0 N–H and O–H groups in total. The molecule has 0 atom stereocenters. The Morgan fingerprint density at radius 2 is 0.283 bits per heavy atom. The molecule has 0 bridgehead atoms. The van der Waals surface area contributed by atoms with Crippen LogP contribution in [0.25, 0.3) is 0 Å². The Kier molecular flexibility index (Phi) is 19.7. The van der Waals surface area contributed by atoms with Crippen LogP contribution in [0.3, 0.4) is 0 Å². The maximum atomic E-state index is 7.50. The summed E-state index contributed by atoms with van der Waals surface area (Å²) in [6, 6.07) is 97.0. The van der Waals surface area contributed by atoms with E-state index in [2.05, 4.69) is 280 Å². The predicted octanol–water partition coefficient (Wildman–Crippen LogP) is 10.0. The molecule has 9 aromatic carbocycles. The molecule has 1 nitrogen and oxygen atoms in total. The number of carbonyl (C=O) groups excluding carboxylic acids is 1. The minimum Gasteiger partial charge on any atom is -1.00 e. The summed E-state index contributed by atoms with van der Waals surface area (Å²) in [5, 5.41) is 12.6. The van der Waals surface area contributed by atoms with Gasteiger partial charge in [-0.15, -0.1) is 0 Å². The Hall–Kier alpha value is -5.44. The van der Waals surface area contributed by atoms with Gasteiger partial charge in [-0.3, -0.25) is 4.79 Å². The van der Waals surface area contributed by atoms with Crippen molar-refractivity contribution in [3.8, 4) is 0 Å². The summed E-state index contributed by atoms with van der Waals surface area (Å²) in [4.78, 5) is 7.50. The summed E-state index contributed by atoms with van der Waals surface area (Å²) in [6.07, 6.45) is 0. The molecular weight excluding hydrogens is 872 g/mol. The fourth-order valence-electron chi connectivity index (χ4n) is 6.54. The predicted molar refractivity (Wildman–Crippen MR) is 262 cm³/mol. The van der Waals surface area contributed by atoms with Gasteiger partial charge in [0.25, 0.3) is 6.79 Å². The van der Waals surface area contributed by atoms with Crippen molar-refractivity contribution in [2.24, 2.45) is 0 Å². The first kappa shape index (κ1) is 45.6. The zero-order valence-electron chi connectivity index (χ0n) is 34.1. The molecule has 3 radical (unpaired) electrons. The van der Waals surface area contributed by atoms with E-state index in [0.717, 1.165) is 0 Å². The zero-order valence-corrected chi connectivity index (χ0v) is 37.4. The topological polar surface area (TPSA) is 17.1 Å². The van der Waals surface area contributed by atoms with Gasteiger partial charge in [0.2, 0.25) is 0 Å². The minimum absolute atomic E-state index is 0. The molecule has 0 aliphatic carbocycles. The molecule has 0 unspecified atom stereocenters. The molecule has 0 amide bonds. The third-order valence-electron chi connectivity index (χ3n) is 9.13. The van der Waals surface area contributed by atoms with Crippen molar-refractivity contribution in [2.45, 2.75) is 0 Å². The van der Waals surface area contributed by atoms with Gasteiger partial charge in [-0.05, 0) is 71.5 Å². The Balaban J connectivity index is 0.000000194. The van der Waals surface area contributed by atoms with Crippen LogP contribution in [0.5, 0.6) is 0 Å². The molecule has 9 aromatic rings. The standard InChI is InChI=1S/3C18H15P.CO.Rh.H/c3*1-4-10-16(11-5-1)19(17-12-6-2-7-13-17)18-14-8-3-9-15-18;1-2;;/h3*1-15H;;;/q;;;;;-1. The van der Waals surface area contributed by atoms with Gasteiger partial charge in [-0.2, -0.15) is 0 Å². The number of benzene rings is 9. The summed E-state index contributed by atoms with van der Waals surface area (Å²) in [5.74, 6) is 0. The Morgan fingerprint density at radius 3 is 0.367 bits per heavy atom. The summed E-state index contributed by atoms with van der Waals surface area (Å²) >= 11 is 0. The second-order valence-electron chi connectivity index (χ2n) is 13.0. The van der Waals surface area contributed by atoms with Gasteiger partial charge >= 0.3 is 0 Å². The summed E-state index contributed by atoms with van der Waals surface area (Å²) in [5.41, 5.74) is 0. The molecule has 0 spiro atoms. The van der Waals surface area contributed by atoms with Crippen molar-refractivity contribution in [1.29, 1.82) is 0 Å². The van der Waals surface area contributed by atoms with Crippen LogP contribution in [0.15, 0.2) is 273 Å². The summed E-state index contributed by atoms with van der Waals surface area (Å²) in [7, 11) is -1.34. The van der Waals surface area contributed by atoms with E-state index in [4.69, 9.17) is 4.79 Å². The van der Waals surface area contributed by atoms with Crippen LogP contribution in [-0.4, -0.2) is 6.79 Å². The number of rotatable bonds is 9. The normalized spacial score (nSPS) is 10.1. The molecule has 0 aromatic heterocycles. The quantitative estimate of drug-likeness (QED) is 0.104. The van der Waals surface area contributed by atoms with E-state index in [-0.39, 0.29) is 20.9 Å². The van der Waals surface area contributed by atoms with Crippen LogP contribution >= 0.6 is 23.8 Å². The molecule has 0 saturated carbocycles. The average molecular weight is 919 g/mol. The SMILES string of the molecule is [C]=O.[H-].[Rh].c1ccc(P(c2ccccc2)c2ccccc2)cc1.c1ccc(P(c2ccccc2)c2ccccc2)cc1.c1ccc(P(c2ccccc2)c2ccccc2)cc1. The van der Waals surface area contributed by atoms with E-state index in [1.165, 1.54) is 47.7 Å². The van der Waals surface area contributed by atoms with Gasteiger partial charge in [0, 0.05) is 19.5 Å². The van der Waals surface area contributed by atoms with Crippen molar-refractivity contribution in [1.82, 2.24) is 0 Å². The van der Waals surface area contributed by atoms with Crippen LogP contribution in [0, 0.1) is 0 Å². The maximum absolute atomic E-state index is 7.50. The first-order valence-corrected chi connectivity index (χ1v) is 23.4.